The van der Waals surface area contributed by atoms with Gasteiger partial charge < -0.3 is 20.4 Å². The Balaban J connectivity index is 0.0000000825. The summed E-state index contributed by atoms with van der Waals surface area (Å²) in [7, 11) is 0. The fraction of sp³-hybridized carbons (Fsp3) is 1.00. The molecule has 16 aliphatic rings. The third-order valence-corrected chi connectivity index (χ3v) is 14.2. The monoisotopic (exact) mass is 581 g/mol. The molecule has 0 aromatic heterocycles. The van der Waals surface area contributed by atoms with E-state index in [2.05, 4.69) is 20.4 Å². The van der Waals surface area contributed by atoms with Crippen molar-refractivity contribution >= 4 is 0 Å². The Morgan fingerprint density at radius 3 is 0.905 bits per heavy atom. The number of rotatable bonds is 0. The smallest absolute Gasteiger partial charge is 0.00850 e. The van der Waals surface area contributed by atoms with E-state index in [4.69, 9.17) is 0 Å². The van der Waals surface area contributed by atoms with Gasteiger partial charge in [0.05, 0.1) is 0 Å². The molecule has 12 bridgehead atoms. The van der Waals surface area contributed by atoms with Gasteiger partial charge >= 0.3 is 0 Å². The van der Waals surface area contributed by atoms with Crippen LogP contribution < -0.4 is 10.6 Å². The van der Waals surface area contributed by atoms with Gasteiger partial charge in [-0.15, -0.1) is 0 Å². The number of nitrogens with zero attached hydrogens (tertiary/aromatic N) is 2. The summed E-state index contributed by atoms with van der Waals surface area (Å²) in [4.78, 5) is 5.14. The van der Waals surface area contributed by atoms with Crippen LogP contribution in [0.25, 0.3) is 0 Å². The van der Waals surface area contributed by atoms with Gasteiger partial charge in [-0.25, -0.2) is 0 Å². The maximum Gasteiger partial charge on any atom is 0.00850 e. The molecule has 7 aliphatic carbocycles. The van der Waals surface area contributed by atoms with Crippen LogP contribution >= 0.6 is 0 Å². The van der Waals surface area contributed by atoms with Crippen LogP contribution in [-0.2, 0) is 0 Å². The number of nitrogens with one attached hydrogen (secondary N) is 2. The zero-order valence-electron chi connectivity index (χ0n) is 27.5. The predicted octanol–water partition coefficient (Wildman–Crippen LogP) is 7.48. The Hall–Kier alpha value is -0.160. The Morgan fingerprint density at radius 1 is 0.333 bits per heavy atom. The van der Waals surface area contributed by atoms with E-state index in [1.54, 1.807) is 57.8 Å². The summed E-state index contributed by atoms with van der Waals surface area (Å²) in [5, 5.41) is 6.94. The van der Waals surface area contributed by atoms with Crippen LogP contribution in [0.15, 0.2) is 0 Å². The zero-order valence-corrected chi connectivity index (χ0v) is 27.5. The van der Waals surface area contributed by atoms with Crippen molar-refractivity contribution in [2.75, 3.05) is 45.8 Å². The maximum absolute atomic E-state index is 3.52. The van der Waals surface area contributed by atoms with Crippen molar-refractivity contribution in [2.24, 2.45) is 41.4 Å². The number of piperidine rings is 6. The van der Waals surface area contributed by atoms with Crippen LogP contribution in [0.4, 0.5) is 0 Å². The first-order valence-electron chi connectivity index (χ1n) is 19.6. The summed E-state index contributed by atoms with van der Waals surface area (Å²) in [5.41, 5.74) is 0. The second-order valence-electron chi connectivity index (χ2n) is 17.2. The first kappa shape index (κ1) is 30.5. The normalized spacial score (nSPS) is 48.0. The summed E-state index contributed by atoms with van der Waals surface area (Å²) in [6.45, 7) is 9.69. The van der Waals surface area contributed by atoms with E-state index in [1.165, 1.54) is 147 Å². The van der Waals surface area contributed by atoms with Crippen molar-refractivity contribution < 1.29 is 0 Å². The molecule has 7 saturated carbocycles. The predicted molar refractivity (Wildman–Crippen MR) is 177 cm³/mol. The van der Waals surface area contributed by atoms with E-state index in [0.29, 0.717) is 0 Å². The molecular formula is C38H68N4. The third kappa shape index (κ3) is 8.55. The molecule has 9 heterocycles. The van der Waals surface area contributed by atoms with Gasteiger partial charge in [-0.1, -0.05) is 38.5 Å². The molecule has 42 heavy (non-hydrogen) atoms. The standard InChI is InChI=1S/2C7H13N.C7H12.C6H11N.C6H10.C5H9N/c1-4-8-5-2-7(1)3-6-8;1-3-7-4-2-6(1)5-8-7;1-2-7-4-3-6(1)5-7;1-3-7-4-2-6(1)5-7;1-2-6-3-5(1)4-6;1-2-5-3-4(1)6-5/h7H,1-6H2;6-8H,1-5H2;6-7H,1-5H2;6H,1-5H2;5-6H,1-4H2;4-6H,1-3H2. The van der Waals surface area contributed by atoms with Crippen LogP contribution in [0.3, 0.4) is 0 Å². The summed E-state index contributed by atoms with van der Waals surface area (Å²) in [6.07, 6.45) is 31.8. The topological polar surface area (TPSA) is 30.5 Å². The van der Waals surface area contributed by atoms with Crippen molar-refractivity contribution in [3.05, 3.63) is 0 Å². The van der Waals surface area contributed by atoms with E-state index >= 15 is 0 Å². The van der Waals surface area contributed by atoms with Crippen LogP contribution in [0.2, 0.25) is 0 Å². The largest absolute Gasteiger partial charge is 0.314 e. The van der Waals surface area contributed by atoms with Crippen LogP contribution in [0, 0.1) is 41.4 Å². The average molecular weight is 581 g/mol. The zero-order chi connectivity index (χ0) is 28.1. The quantitative estimate of drug-likeness (QED) is 0.311. The summed E-state index contributed by atoms with van der Waals surface area (Å²) in [5.74, 6) is 7.97. The first-order valence-corrected chi connectivity index (χ1v) is 19.6. The Kier molecular flexibility index (Phi) is 10.9. The fourth-order valence-electron chi connectivity index (χ4n) is 10.9. The molecule has 9 saturated heterocycles. The minimum atomic E-state index is 0.903. The van der Waals surface area contributed by atoms with Gasteiger partial charge in [0.15, 0.2) is 0 Å². The van der Waals surface area contributed by atoms with Crippen molar-refractivity contribution in [2.45, 2.75) is 153 Å². The second kappa shape index (κ2) is 15.0. The number of hydrogen-bond donors (Lipinski definition) is 2. The number of hydrogen-bond acceptors (Lipinski definition) is 4. The van der Waals surface area contributed by atoms with Gasteiger partial charge in [-0.05, 0) is 177 Å². The molecule has 9 aliphatic heterocycles. The molecule has 2 unspecified atom stereocenters. The summed E-state index contributed by atoms with van der Waals surface area (Å²) < 4.78 is 0. The highest BCUT2D eigenvalue weighted by Crippen LogP contribution is 2.48. The lowest BCUT2D eigenvalue weighted by Crippen LogP contribution is -2.44. The van der Waals surface area contributed by atoms with Crippen LogP contribution in [0.1, 0.15) is 135 Å². The van der Waals surface area contributed by atoms with Crippen molar-refractivity contribution in [1.29, 1.82) is 0 Å². The molecule has 0 aromatic rings. The average Bonchev–Trinajstić information content (AvgIpc) is 3.89. The maximum atomic E-state index is 3.52. The molecule has 16 fully saturated rings. The summed E-state index contributed by atoms with van der Waals surface area (Å²) in [6, 6.07) is 2.78. The highest BCUT2D eigenvalue weighted by Gasteiger charge is 2.36. The second-order valence-corrected chi connectivity index (χ2v) is 17.2. The van der Waals surface area contributed by atoms with Crippen molar-refractivity contribution in [3.8, 4) is 0 Å². The van der Waals surface area contributed by atoms with E-state index in [1.807, 2.05) is 0 Å². The lowest BCUT2D eigenvalue weighted by molar-refractivity contribution is 0.111. The highest BCUT2D eigenvalue weighted by atomic mass is 15.2. The molecule has 4 nitrogen and oxygen atoms in total. The van der Waals surface area contributed by atoms with E-state index in [9.17, 15) is 0 Å². The lowest BCUT2D eigenvalue weighted by atomic mass is 9.82. The third-order valence-electron chi connectivity index (χ3n) is 14.2. The molecule has 0 radical (unpaired) electrons. The Bertz CT molecular complexity index is 614. The Labute approximate surface area is 260 Å². The SMILES string of the molecule is C1CC2CC1C2.C1CC2CC1N2.C1CC2CCC1C2.C1CC2CCC1CN2.C1CN2CCC1C2.C1CN2CCC1CC2. The minimum absolute atomic E-state index is 0.903. The minimum Gasteiger partial charge on any atom is -0.314 e. The van der Waals surface area contributed by atoms with Crippen molar-refractivity contribution in [3.63, 3.8) is 0 Å². The molecular weight excluding hydrogens is 512 g/mol. The lowest BCUT2D eigenvalue weighted by Gasteiger charge is -2.38. The molecule has 16 rings (SSSR count). The molecule has 0 spiro atoms. The van der Waals surface area contributed by atoms with Gasteiger partial charge in [0.1, 0.15) is 0 Å². The highest BCUT2D eigenvalue weighted by molar-refractivity contribution is 4.96. The van der Waals surface area contributed by atoms with Crippen LogP contribution in [0.5, 0.6) is 0 Å². The molecule has 4 heteroatoms. The van der Waals surface area contributed by atoms with E-state index in [-0.39, 0.29) is 0 Å². The van der Waals surface area contributed by atoms with Gasteiger partial charge in [-0.2, -0.15) is 0 Å². The summed E-state index contributed by atoms with van der Waals surface area (Å²) >= 11 is 0. The van der Waals surface area contributed by atoms with Gasteiger partial charge in [-0.3, -0.25) is 0 Å². The molecule has 0 amide bonds. The number of fused-ring (bicyclic) bond motifs is 12. The van der Waals surface area contributed by atoms with Gasteiger partial charge in [0.25, 0.3) is 0 Å². The molecule has 240 valence electrons. The first-order chi connectivity index (χ1) is 20.7. The molecule has 2 atom stereocenters. The fourth-order valence-corrected chi connectivity index (χ4v) is 10.9. The van der Waals surface area contributed by atoms with Gasteiger partial charge in [0, 0.05) is 24.7 Å². The molecule has 0 aromatic carbocycles. The van der Waals surface area contributed by atoms with Crippen molar-refractivity contribution in [1.82, 2.24) is 20.4 Å². The Morgan fingerprint density at radius 2 is 0.762 bits per heavy atom. The van der Waals surface area contributed by atoms with Gasteiger partial charge in [0.2, 0.25) is 0 Å². The van der Waals surface area contributed by atoms with Crippen LogP contribution in [-0.4, -0.2) is 73.7 Å². The van der Waals surface area contributed by atoms with E-state index < -0.39 is 0 Å². The van der Waals surface area contributed by atoms with E-state index in [0.717, 1.165) is 35.9 Å². The molecule has 2 N–H and O–H groups in total.